The zero-order valence-corrected chi connectivity index (χ0v) is 18.7. The van der Waals surface area contributed by atoms with Gasteiger partial charge in [0.25, 0.3) is 0 Å². The van der Waals surface area contributed by atoms with E-state index in [-0.39, 0.29) is 42.6 Å². The summed E-state index contributed by atoms with van der Waals surface area (Å²) in [5.41, 5.74) is 8.10. The summed E-state index contributed by atoms with van der Waals surface area (Å²) < 4.78 is 0. The van der Waals surface area contributed by atoms with E-state index in [2.05, 4.69) is 10.3 Å². The number of halogens is 3. The zero-order valence-electron chi connectivity index (χ0n) is 16.3. The molecule has 0 spiro atoms. The molecule has 2 aromatic carbocycles. The van der Waals surface area contributed by atoms with Crippen LogP contribution in [0.3, 0.4) is 0 Å². The number of anilines is 1. The van der Waals surface area contributed by atoms with Crippen LogP contribution in [-0.2, 0) is 0 Å². The third-order valence-electron chi connectivity index (χ3n) is 5.13. The smallest absolute Gasteiger partial charge is 0.154 e. The third-order valence-corrected chi connectivity index (χ3v) is 5.38. The van der Waals surface area contributed by atoms with Gasteiger partial charge in [-0.05, 0) is 54.8 Å². The lowest BCUT2D eigenvalue weighted by Gasteiger charge is -2.30. The summed E-state index contributed by atoms with van der Waals surface area (Å²) in [4.78, 5) is 9.32. The van der Waals surface area contributed by atoms with Crippen LogP contribution in [0.5, 0.6) is 5.75 Å². The van der Waals surface area contributed by atoms with Crippen molar-refractivity contribution in [3.8, 4) is 5.75 Å². The molecular weight excluding hydrogens is 443 g/mol. The first kappa shape index (κ1) is 24.2. The van der Waals surface area contributed by atoms with Gasteiger partial charge in [0.1, 0.15) is 11.6 Å². The molecule has 5 nitrogen and oxygen atoms in total. The van der Waals surface area contributed by atoms with E-state index in [1.165, 1.54) is 6.42 Å². The number of aromatic nitrogens is 2. The summed E-state index contributed by atoms with van der Waals surface area (Å²) in [6.45, 7) is 0. The lowest BCUT2D eigenvalue weighted by Crippen LogP contribution is -2.42. The molecule has 4 rings (SSSR count). The highest BCUT2D eigenvalue weighted by Gasteiger charge is 2.23. The Morgan fingerprint density at radius 1 is 1.00 bits per heavy atom. The molecule has 1 aromatic heterocycles. The molecule has 0 bridgehead atoms. The molecule has 3 aromatic rings. The van der Waals surface area contributed by atoms with Crippen molar-refractivity contribution in [2.24, 2.45) is 5.73 Å². The molecule has 8 heteroatoms. The fraction of sp³-hybridized carbons (Fsp3) is 0.273. The molecule has 1 aliphatic carbocycles. The molecular formula is C22H25Cl3N4O. The summed E-state index contributed by atoms with van der Waals surface area (Å²) in [6.07, 6.45) is 8.18. The van der Waals surface area contributed by atoms with E-state index in [0.29, 0.717) is 16.7 Å². The van der Waals surface area contributed by atoms with E-state index in [0.717, 1.165) is 35.7 Å². The van der Waals surface area contributed by atoms with Crippen LogP contribution < -0.4 is 11.1 Å². The molecule has 2 unspecified atom stereocenters. The van der Waals surface area contributed by atoms with Crippen molar-refractivity contribution >= 4 is 65.3 Å². The van der Waals surface area contributed by atoms with Crippen LogP contribution in [0.2, 0.25) is 5.02 Å². The minimum absolute atomic E-state index is 0. The highest BCUT2D eigenvalue weighted by Crippen LogP contribution is 2.28. The van der Waals surface area contributed by atoms with Gasteiger partial charge in [-0.3, -0.25) is 0 Å². The van der Waals surface area contributed by atoms with E-state index < -0.39 is 0 Å². The number of rotatable bonds is 4. The van der Waals surface area contributed by atoms with Crippen LogP contribution in [0.15, 0.2) is 42.5 Å². The predicted octanol–water partition coefficient (Wildman–Crippen LogP) is 5.68. The lowest BCUT2D eigenvalue weighted by atomic mass is 9.91. The topological polar surface area (TPSA) is 84.1 Å². The second-order valence-corrected chi connectivity index (χ2v) is 7.65. The Balaban J connectivity index is 0.00000160. The number of fused-ring (bicyclic) bond motifs is 1. The van der Waals surface area contributed by atoms with Gasteiger partial charge in [0.05, 0.1) is 5.52 Å². The number of nitrogens with zero attached hydrogens (tertiary/aromatic N) is 2. The Hall–Kier alpha value is -2.05. The summed E-state index contributed by atoms with van der Waals surface area (Å²) in [7, 11) is 0. The van der Waals surface area contributed by atoms with Crippen molar-refractivity contribution in [1.29, 1.82) is 0 Å². The van der Waals surface area contributed by atoms with Crippen LogP contribution >= 0.6 is 36.4 Å². The summed E-state index contributed by atoms with van der Waals surface area (Å²) in [5, 5.41) is 14.9. The molecule has 1 heterocycles. The predicted molar refractivity (Wildman–Crippen MR) is 130 cm³/mol. The van der Waals surface area contributed by atoms with Gasteiger partial charge < -0.3 is 16.2 Å². The van der Waals surface area contributed by atoms with Gasteiger partial charge in [0.15, 0.2) is 5.82 Å². The zero-order chi connectivity index (χ0) is 19.5. The summed E-state index contributed by atoms with van der Waals surface area (Å²) >= 11 is 5.94. The number of hydrogen-bond acceptors (Lipinski definition) is 5. The molecule has 4 N–H and O–H groups in total. The Kier molecular flexibility index (Phi) is 8.74. The van der Waals surface area contributed by atoms with Gasteiger partial charge in [-0.1, -0.05) is 42.7 Å². The van der Waals surface area contributed by atoms with Crippen LogP contribution in [0.4, 0.5) is 5.82 Å². The van der Waals surface area contributed by atoms with Gasteiger partial charge in [-0.15, -0.1) is 24.8 Å². The van der Waals surface area contributed by atoms with Crippen LogP contribution in [0.25, 0.3) is 23.1 Å². The highest BCUT2D eigenvalue weighted by atomic mass is 35.5. The molecule has 0 saturated heterocycles. The van der Waals surface area contributed by atoms with E-state index in [1.54, 1.807) is 18.2 Å². The molecule has 1 fully saturated rings. The van der Waals surface area contributed by atoms with Crippen molar-refractivity contribution in [3.63, 3.8) is 0 Å². The number of aromatic hydroxyl groups is 1. The maximum atomic E-state index is 9.92. The first-order chi connectivity index (χ1) is 13.6. The SMILES string of the molecule is Cl.Cl.NC1CCCCC1Nc1nc(/C=C\c2ccc(Cl)cc2)nc2ccc(O)cc12. The Bertz CT molecular complexity index is 1010. The molecule has 0 aliphatic heterocycles. The molecule has 1 saturated carbocycles. The Labute approximate surface area is 193 Å². The monoisotopic (exact) mass is 466 g/mol. The van der Waals surface area contributed by atoms with Gasteiger partial charge in [-0.2, -0.15) is 0 Å². The van der Waals surface area contributed by atoms with Gasteiger partial charge in [0, 0.05) is 22.5 Å². The fourth-order valence-electron chi connectivity index (χ4n) is 3.58. The third kappa shape index (κ3) is 5.76. The number of nitrogens with one attached hydrogen (secondary N) is 1. The van der Waals surface area contributed by atoms with Crippen molar-refractivity contribution in [3.05, 3.63) is 58.9 Å². The molecule has 30 heavy (non-hydrogen) atoms. The van der Waals surface area contributed by atoms with Gasteiger partial charge in [-0.25, -0.2) is 9.97 Å². The summed E-state index contributed by atoms with van der Waals surface area (Å²) in [6, 6.07) is 13.0. The molecule has 2 atom stereocenters. The van der Waals surface area contributed by atoms with E-state index >= 15 is 0 Å². The number of hydrogen-bond donors (Lipinski definition) is 3. The first-order valence-electron chi connectivity index (χ1n) is 9.55. The molecule has 0 amide bonds. The Morgan fingerprint density at radius 3 is 2.47 bits per heavy atom. The van der Waals surface area contributed by atoms with Crippen LogP contribution in [-0.4, -0.2) is 27.2 Å². The van der Waals surface area contributed by atoms with Crippen molar-refractivity contribution in [2.75, 3.05) is 5.32 Å². The first-order valence-corrected chi connectivity index (χ1v) is 9.93. The number of nitrogens with two attached hydrogens (primary N) is 1. The maximum absolute atomic E-state index is 9.92. The number of phenolic OH excluding ortho intramolecular Hbond substituents is 1. The second kappa shape index (κ2) is 10.8. The Morgan fingerprint density at radius 2 is 1.73 bits per heavy atom. The standard InChI is InChI=1S/C22H23ClN4O.2ClH/c23-15-8-5-14(6-9-15)7-12-21-25-19-11-10-16(28)13-17(19)22(27-21)26-20-4-2-1-3-18(20)24;;/h5-13,18,20,28H,1-4,24H2,(H,25,26,27);2*1H/b12-7-;;. The molecule has 160 valence electrons. The van der Waals surface area contributed by atoms with Gasteiger partial charge in [0.2, 0.25) is 0 Å². The van der Waals surface area contributed by atoms with E-state index in [4.69, 9.17) is 22.3 Å². The van der Waals surface area contributed by atoms with Gasteiger partial charge >= 0.3 is 0 Å². The fourth-order valence-corrected chi connectivity index (χ4v) is 3.70. The largest absolute Gasteiger partial charge is 0.508 e. The van der Waals surface area contributed by atoms with Crippen molar-refractivity contribution in [2.45, 2.75) is 37.8 Å². The van der Waals surface area contributed by atoms with E-state index in [9.17, 15) is 5.11 Å². The van der Waals surface area contributed by atoms with Crippen LogP contribution in [0.1, 0.15) is 37.1 Å². The second-order valence-electron chi connectivity index (χ2n) is 7.22. The minimum atomic E-state index is 0. The number of benzene rings is 2. The lowest BCUT2D eigenvalue weighted by molar-refractivity contribution is 0.403. The molecule has 1 aliphatic rings. The molecule has 0 radical (unpaired) electrons. The van der Waals surface area contributed by atoms with Crippen molar-refractivity contribution in [1.82, 2.24) is 9.97 Å². The van der Waals surface area contributed by atoms with E-state index in [1.807, 2.05) is 36.4 Å². The maximum Gasteiger partial charge on any atom is 0.154 e. The average molecular weight is 468 g/mol. The normalized spacial score (nSPS) is 18.6. The number of phenols is 1. The van der Waals surface area contributed by atoms with Crippen molar-refractivity contribution < 1.29 is 5.11 Å². The van der Waals surface area contributed by atoms with Crippen LogP contribution in [0, 0.1) is 0 Å². The quantitative estimate of drug-likeness (QED) is 0.459. The highest BCUT2D eigenvalue weighted by molar-refractivity contribution is 6.30. The average Bonchev–Trinajstić information content (AvgIpc) is 2.70. The minimum Gasteiger partial charge on any atom is -0.508 e. The summed E-state index contributed by atoms with van der Waals surface area (Å²) in [5.74, 6) is 1.50.